The van der Waals surface area contributed by atoms with E-state index in [0.717, 1.165) is 5.56 Å². The van der Waals surface area contributed by atoms with E-state index in [2.05, 4.69) is 4.90 Å². The minimum absolute atomic E-state index is 0.00729. The lowest BCUT2D eigenvalue weighted by Gasteiger charge is -2.36. The van der Waals surface area contributed by atoms with E-state index in [4.69, 9.17) is 21.9 Å². The van der Waals surface area contributed by atoms with E-state index in [9.17, 15) is 9.59 Å². The lowest BCUT2D eigenvalue weighted by atomic mass is 10.1. The first kappa shape index (κ1) is 22.0. The van der Waals surface area contributed by atoms with Gasteiger partial charge in [0.1, 0.15) is 15.8 Å². The van der Waals surface area contributed by atoms with Crippen molar-refractivity contribution in [3.8, 4) is 0 Å². The van der Waals surface area contributed by atoms with Crippen LogP contribution >= 0.6 is 24.0 Å². The number of nitrogens with zero attached hydrogens (tertiary/aromatic N) is 4. The Kier molecular flexibility index (Phi) is 5.93. The van der Waals surface area contributed by atoms with E-state index in [0.29, 0.717) is 39.3 Å². The number of rotatable bonds is 3. The summed E-state index contributed by atoms with van der Waals surface area (Å²) in [6, 6.07) is 3.72. The number of pyridine rings is 1. The molecule has 9 heteroatoms. The number of aromatic nitrogens is 2. The van der Waals surface area contributed by atoms with Gasteiger partial charge in [0.05, 0.1) is 22.7 Å². The van der Waals surface area contributed by atoms with Crippen molar-refractivity contribution in [2.45, 2.75) is 52.9 Å². The molecule has 0 saturated carbocycles. The van der Waals surface area contributed by atoms with Crippen molar-refractivity contribution in [3.05, 3.63) is 44.7 Å². The van der Waals surface area contributed by atoms with Gasteiger partial charge in [-0.2, -0.15) is 0 Å². The van der Waals surface area contributed by atoms with Crippen LogP contribution in [0.4, 0.5) is 5.82 Å². The molecule has 0 aromatic carbocycles. The van der Waals surface area contributed by atoms with Crippen molar-refractivity contribution < 1.29 is 9.53 Å². The van der Waals surface area contributed by atoms with E-state index in [1.165, 1.54) is 11.8 Å². The summed E-state index contributed by atoms with van der Waals surface area (Å²) in [7, 11) is 0. The first-order valence-corrected chi connectivity index (χ1v) is 11.6. The third-order valence-electron chi connectivity index (χ3n) is 5.40. The molecule has 7 nitrogen and oxygen atoms in total. The van der Waals surface area contributed by atoms with Crippen molar-refractivity contribution in [2.24, 2.45) is 0 Å². The minimum Gasteiger partial charge on any atom is -0.372 e. The molecule has 2 fully saturated rings. The number of carbonyl (C=O) groups excluding carboxylic acids is 1. The molecular weight excluding hydrogens is 432 g/mol. The molecule has 2 aliphatic rings. The van der Waals surface area contributed by atoms with Gasteiger partial charge < -0.3 is 9.64 Å². The molecule has 4 rings (SSSR count). The van der Waals surface area contributed by atoms with E-state index in [1.54, 1.807) is 21.6 Å². The van der Waals surface area contributed by atoms with Gasteiger partial charge in [0, 0.05) is 25.3 Å². The van der Waals surface area contributed by atoms with Crippen LogP contribution in [-0.2, 0) is 9.53 Å². The molecule has 0 spiro atoms. The number of aryl methyl sites for hydroxylation is 1. The first-order chi connectivity index (χ1) is 14.7. The Balaban J connectivity index is 1.92. The Bertz CT molecular complexity index is 1150. The van der Waals surface area contributed by atoms with Crippen molar-refractivity contribution in [1.29, 1.82) is 0 Å². The zero-order valence-corrected chi connectivity index (χ0v) is 19.9. The summed E-state index contributed by atoms with van der Waals surface area (Å²) in [5, 5.41) is 0. The number of thiocarbonyl (C=S) groups is 1. The largest absolute Gasteiger partial charge is 0.372 e. The standard InChI is InChI=1S/C22H26N4O3S2/c1-12(2)26-21(28)17(31-22(26)30)9-16-19(24-10-14(4)29-15(5)11-24)23-18-13(3)7-6-8-25(18)20(16)27/h6-9,12,14-15H,10-11H2,1-5H3. The van der Waals surface area contributed by atoms with Gasteiger partial charge in [-0.1, -0.05) is 30.0 Å². The van der Waals surface area contributed by atoms with Gasteiger partial charge in [0.15, 0.2) is 0 Å². The monoisotopic (exact) mass is 458 g/mol. The highest BCUT2D eigenvalue weighted by atomic mass is 32.2. The van der Waals surface area contributed by atoms with E-state index in [1.807, 2.05) is 46.8 Å². The number of morpholine rings is 1. The first-order valence-electron chi connectivity index (χ1n) is 10.4. The van der Waals surface area contributed by atoms with Crippen LogP contribution in [0.15, 0.2) is 28.0 Å². The molecule has 0 bridgehead atoms. The van der Waals surface area contributed by atoms with Crippen LogP contribution < -0.4 is 10.5 Å². The summed E-state index contributed by atoms with van der Waals surface area (Å²) >= 11 is 6.63. The Labute approximate surface area is 191 Å². The Morgan fingerprint density at radius 3 is 2.55 bits per heavy atom. The summed E-state index contributed by atoms with van der Waals surface area (Å²) < 4.78 is 7.92. The normalized spacial score (nSPS) is 23.6. The summed E-state index contributed by atoms with van der Waals surface area (Å²) in [6.07, 6.45) is 3.38. The average molecular weight is 459 g/mol. The van der Waals surface area contributed by atoms with Crippen molar-refractivity contribution in [1.82, 2.24) is 14.3 Å². The fourth-order valence-corrected chi connectivity index (χ4v) is 5.58. The molecule has 0 N–H and O–H groups in total. The summed E-state index contributed by atoms with van der Waals surface area (Å²) in [5.74, 6) is 0.407. The number of thioether (sulfide) groups is 1. The Morgan fingerprint density at radius 1 is 1.26 bits per heavy atom. The topological polar surface area (TPSA) is 67.2 Å². The maximum absolute atomic E-state index is 13.6. The fourth-order valence-electron chi connectivity index (χ4n) is 4.07. The highest BCUT2D eigenvalue weighted by Gasteiger charge is 2.35. The number of ether oxygens (including phenoxy) is 1. The van der Waals surface area contributed by atoms with E-state index < -0.39 is 0 Å². The van der Waals surface area contributed by atoms with Gasteiger partial charge in [-0.25, -0.2) is 4.98 Å². The van der Waals surface area contributed by atoms with Crippen molar-refractivity contribution >= 4 is 51.7 Å². The van der Waals surface area contributed by atoms with Gasteiger partial charge in [-0.15, -0.1) is 0 Å². The van der Waals surface area contributed by atoms with Gasteiger partial charge in [-0.3, -0.25) is 18.9 Å². The second-order valence-corrected chi connectivity index (χ2v) is 10.0. The molecule has 2 aromatic rings. The minimum atomic E-state index is -0.203. The van der Waals surface area contributed by atoms with Crippen molar-refractivity contribution in [3.63, 3.8) is 0 Å². The molecule has 2 saturated heterocycles. The van der Waals surface area contributed by atoms with Crippen LogP contribution in [0.1, 0.15) is 38.8 Å². The number of anilines is 1. The van der Waals surface area contributed by atoms with Gasteiger partial charge in [0.25, 0.3) is 11.5 Å². The number of amides is 1. The molecule has 31 heavy (non-hydrogen) atoms. The molecule has 2 unspecified atom stereocenters. The third-order valence-corrected chi connectivity index (χ3v) is 6.73. The molecule has 2 aliphatic heterocycles. The van der Waals surface area contributed by atoms with Crippen LogP contribution in [-0.4, -0.2) is 55.9 Å². The third kappa shape index (κ3) is 4.02. The number of hydrogen-bond acceptors (Lipinski definition) is 7. The molecule has 1 amide bonds. The predicted octanol–water partition coefficient (Wildman–Crippen LogP) is 3.23. The SMILES string of the molecule is Cc1cccn2c(=O)c(C=C3SC(=S)N(C(C)C)C3=O)c(N3CC(C)OC(C)C3)nc12. The van der Waals surface area contributed by atoms with E-state index in [-0.39, 0.29) is 29.7 Å². The van der Waals surface area contributed by atoms with Gasteiger partial charge >= 0.3 is 0 Å². The van der Waals surface area contributed by atoms with Gasteiger partial charge in [0.2, 0.25) is 0 Å². The maximum Gasteiger partial charge on any atom is 0.267 e. The number of fused-ring (bicyclic) bond motifs is 1. The molecule has 0 aliphatic carbocycles. The Morgan fingerprint density at radius 2 is 1.94 bits per heavy atom. The number of hydrogen-bond donors (Lipinski definition) is 0. The highest BCUT2D eigenvalue weighted by Crippen LogP contribution is 2.35. The smallest absolute Gasteiger partial charge is 0.267 e. The molecule has 2 atom stereocenters. The van der Waals surface area contributed by atoms with Crippen LogP contribution in [0, 0.1) is 6.92 Å². The number of carbonyl (C=O) groups is 1. The summed E-state index contributed by atoms with van der Waals surface area (Å²) in [5.41, 5.74) is 1.72. The lowest BCUT2D eigenvalue weighted by Crippen LogP contribution is -2.46. The van der Waals surface area contributed by atoms with Crippen LogP contribution in [0.5, 0.6) is 0 Å². The second-order valence-electron chi connectivity index (χ2n) is 8.35. The lowest BCUT2D eigenvalue weighted by molar-refractivity contribution is -0.123. The fraction of sp³-hybridized carbons (Fsp3) is 0.455. The average Bonchev–Trinajstić information content (AvgIpc) is 2.97. The van der Waals surface area contributed by atoms with Crippen LogP contribution in [0.3, 0.4) is 0 Å². The molecular formula is C22H26N4O3S2. The highest BCUT2D eigenvalue weighted by molar-refractivity contribution is 8.26. The molecule has 0 radical (unpaired) electrons. The summed E-state index contributed by atoms with van der Waals surface area (Å²) in [6.45, 7) is 11.0. The van der Waals surface area contributed by atoms with Crippen LogP contribution in [0.25, 0.3) is 11.7 Å². The summed E-state index contributed by atoms with van der Waals surface area (Å²) in [4.78, 5) is 35.5. The quantitative estimate of drug-likeness (QED) is 0.517. The molecule has 4 heterocycles. The molecule has 164 valence electrons. The Hall–Kier alpha value is -2.23. The van der Waals surface area contributed by atoms with Crippen LogP contribution in [0.2, 0.25) is 0 Å². The van der Waals surface area contributed by atoms with Crippen molar-refractivity contribution in [2.75, 3.05) is 18.0 Å². The van der Waals surface area contributed by atoms with E-state index >= 15 is 0 Å². The zero-order chi connectivity index (χ0) is 22.4. The van der Waals surface area contributed by atoms with Gasteiger partial charge in [-0.05, 0) is 52.3 Å². The maximum atomic E-state index is 13.6. The second kappa shape index (κ2) is 8.37. The predicted molar refractivity (Wildman–Crippen MR) is 129 cm³/mol. The molecule has 2 aromatic heterocycles. The zero-order valence-electron chi connectivity index (χ0n) is 18.3.